The van der Waals surface area contributed by atoms with Gasteiger partial charge in [0.05, 0.1) is 0 Å². The number of rotatable bonds is 8. The maximum Gasteiger partial charge on any atom is 0.119 e. The minimum atomic E-state index is -0.0587. The summed E-state index contributed by atoms with van der Waals surface area (Å²) in [6.07, 6.45) is 23.4. The molecule has 0 fully saturated rings. The molecule has 2 nitrogen and oxygen atoms in total. The smallest absolute Gasteiger partial charge is 0.119 e. The summed E-state index contributed by atoms with van der Waals surface area (Å²) >= 11 is 0. The Bertz CT molecular complexity index is 1300. The predicted octanol–water partition coefficient (Wildman–Crippen LogP) is 10.8. The van der Waals surface area contributed by atoms with Crippen molar-refractivity contribution in [2.24, 2.45) is 21.7 Å². The van der Waals surface area contributed by atoms with Crippen molar-refractivity contribution in [1.82, 2.24) is 0 Å². The van der Waals surface area contributed by atoms with Crippen LogP contribution < -0.4 is 0 Å². The summed E-state index contributed by atoms with van der Waals surface area (Å²) in [5.74, 6) is 0.976. The first-order valence-electron chi connectivity index (χ1n) is 16.0. The molecule has 2 aromatic rings. The van der Waals surface area contributed by atoms with Crippen LogP contribution in [0.15, 0.2) is 72.9 Å². The topological polar surface area (TPSA) is 40.5 Å². The first-order chi connectivity index (χ1) is 19.6. The first kappa shape index (κ1) is 31.9. The molecule has 2 atom stereocenters. The Hall–Kier alpha value is -3.00. The van der Waals surface area contributed by atoms with Gasteiger partial charge in [-0.05, 0) is 102 Å². The number of aryl methyl sites for hydroxylation is 2. The van der Waals surface area contributed by atoms with Crippen LogP contribution in [0.5, 0.6) is 11.5 Å². The molecule has 0 amide bonds. The zero-order valence-corrected chi connectivity index (χ0v) is 27.6. The lowest BCUT2D eigenvalue weighted by molar-refractivity contribution is 0.145. The van der Waals surface area contributed by atoms with Gasteiger partial charge in [0.25, 0.3) is 0 Å². The molecule has 226 valence electrons. The highest BCUT2D eigenvalue weighted by atomic mass is 16.3. The van der Waals surface area contributed by atoms with Crippen molar-refractivity contribution < 1.29 is 10.2 Å². The number of aromatic hydroxyl groups is 2. The van der Waals surface area contributed by atoms with Crippen molar-refractivity contribution in [2.75, 3.05) is 0 Å². The number of benzene rings is 2. The lowest BCUT2D eigenvalue weighted by Gasteiger charge is -2.44. The molecule has 2 heteroatoms. The van der Waals surface area contributed by atoms with E-state index in [2.05, 4.69) is 123 Å². The molecule has 0 spiro atoms. The van der Waals surface area contributed by atoms with Gasteiger partial charge in [0.1, 0.15) is 11.5 Å². The zero-order valence-electron chi connectivity index (χ0n) is 27.6. The van der Waals surface area contributed by atoms with Crippen LogP contribution in [0.25, 0.3) is 0 Å². The Kier molecular flexibility index (Phi) is 9.08. The number of hydrogen-bond acceptors (Lipinski definition) is 2. The molecule has 2 aromatic carbocycles. The molecule has 2 N–H and O–H groups in total. The van der Waals surface area contributed by atoms with Crippen LogP contribution >= 0.6 is 0 Å². The third kappa shape index (κ3) is 6.19. The van der Waals surface area contributed by atoms with Crippen molar-refractivity contribution in [2.45, 2.75) is 107 Å². The van der Waals surface area contributed by atoms with Gasteiger partial charge in [0.2, 0.25) is 0 Å². The van der Waals surface area contributed by atoms with Gasteiger partial charge >= 0.3 is 0 Å². The van der Waals surface area contributed by atoms with E-state index in [0.717, 1.165) is 60.8 Å². The Morgan fingerprint density at radius 2 is 1.07 bits per heavy atom. The Morgan fingerprint density at radius 3 is 1.38 bits per heavy atom. The monoisotopic (exact) mass is 566 g/mol. The fourth-order valence-corrected chi connectivity index (χ4v) is 7.23. The summed E-state index contributed by atoms with van der Waals surface area (Å²) in [6.45, 7) is 20.4. The van der Waals surface area contributed by atoms with Crippen molar-refractivity contribution in [3.8, 4) is 11.5 Å². The van der Waals surface area contributed by atoms with Crippen LogP contribution in [0.3, 0.4) is 0 Å². The summed E-state index contributed by atoms with van der Waals surface area (Å²) < 4.78 is 0. The lowest BCUT2D eigenvalue weighted by atomic mass is 9.60. The van der Waals surface area contributed by atoms with E-state index in [0.29, 0.717) is 11.5 Å². The molecule has 0 aliphatic heterocycles. The van der Waals surface area contributed by atoms with Crippen LogP contribution in [0.1, 0.15) is 113 Å². The third-order valence-electron chi connectivity index (χ3n) is 10.6. The fraction of sp³-hybridized carbons (Fsp3) is 0.500. The van der Waals surface area contributed by atoms with Crippen LogP contribution in [0.4, 0.5) is 0 Å². The van der Waals surface area contributed by atoms with Gasteiger partial charge in [0, 0.05) is 16.7 Å². The highest BCUT2D eigenvalue weighted by Gasteiger charge is 2.41. The molecule has 0 aromatic heterocycles. The average molecular weight is 567 g/mol. The van der Waals surface area contributed by atoms with Crippen molar-refractivity contribution >= 4 is 0 Å². The van der Waals surface area contributed by atoms with E-state index in [1.54, 1.807) is 0 Å². The number of hydrogen-bond donors (Lipinski definition) is 2. The SMILES string of the molecule is CCCC(c1cc(CC2(C(C)(C)C)C=CC=CC2)c(O)cc1C)c1cc(CC2(C(C)(C)C)C=CC=CC2)c(O)cc1C. The largest absolute Gasteiger partial charge is 0.508 e. The number of allylic oxidation sites excluding steroid dienone is 8. The molecule has 0 heterocycles. The first-order valence-corrected chi connectivity index (χ1v) is 16.0. The molecular weight excluding hydrogens is 512 g/mol. The van der Waals surface area contributed by atoms with Crippen LogP contribution in [-0.4, -0.2) is 10.2 Å². The molecule has 2 unspecified atom stereocenters. The van der Waals surface area contributed by atoms with Gasteiger partial charge in [-0.3, -0.25) is 0 Å². The van der Waals surface area contributed by atoms with Crippen molar-refractivity contribution in [3.63, 3.8) is 0 Å². The second-order valence-electron chi connectivity index (χ2n) is 15.2. The molecular formula is C40H54O2. The van der Waals surface area contributed by atoms with E-state index < -0.39 is 0 Å². The minimum Gasteiger partial charge on any atom is -0.508 e. The summed E-state index contributed by atoms with van der Waals surface area (Å²) in [4.78, 5) is 0. The second kappa shape index (κ2) is 11.9. The molecule has 0 radical (unpaired) electrons. The molecule has 4 rings (SSSR count). The molecule has 0 saturated heterocycles. The Balaban J connectivity index is 1.80. The van der Waals surface area contributed by atoms with E-state index in [-0.39, 0.29) is 27.6 Å². The summed E-state index contributed by atoms with van der Waals surface area (Å²) in [7, 11) is 0. The van der Waals surface area contributed by atoms with Crippen LogP contribution in [0.2, 0.25) is 0 Å². The van der Waals surface area contributed by atoms with Crippen molar-refractivity contribution in [3.05, 3.63) is 106 Å². The van der Waals surface area contributed by atoms with E-state index in [1.165, 1.54) is 11.1 Å². The van der Waals surface area contributed by atoms with E-state index in [4.69, 9.17) is 0 Å². The number of phenols is 2. The summed E-state index contributed by atoms with van der Waals surface area (Å²) in [6, 6.07) is 8.55. The third-order valence-corrected chi connectivity index (χ3v) is 10.6. The Morgan fingerprint density at radius 1 is 0.667 bits per heavy atom. The maximum atomic E-state index is 11.2. The van der Waals surface area contributed by atoms with Crippen molar-refractivity contribution in [1.29, 1.82) is 0 Å². The molecule has 2 aliphatic rings. The van der Waals surface area contributed by atoms with Gasteiger partial charge in [-0.15, -0.1) is 0 Å². The van der Waals surface area contributed by atoms with Gasteiger partial charge in [-0.2, -0.15) is 0 Å². The fourth-order valence-electron chi connectivity index (χ4n) is 7.23. The summed E-state index contributed by atoms with van der Waals surface area (Å²) in [5, 5.41) is 22.5. The van der Waals surface area contributed by atoms with E-state index in [1.807, 2.05) is 12.1 Å². The van der Waals surface area contributed by atoms with Gasteiger partial charge in [0.15, 0.2) is 0 Å². The van der Waals surface area contributed by atoms with Crippen LogP contribution in [-0.2, 0) is 12.8 Å². The molecule has 42 heavy (non-hydrogen) atoms. The van der Waals surface area contributed by atoms with Crippen LogP contribution in [0, 0.1) is 35.5 Å². The molecule has 0 bridgehead atoms. The van der Waals surface area contributed by atoms with E-state index >= 15 is 0 Å². The number of phenolic OH excluding ortho intramolecular Hbond substituents is 2. The maximum absolute atomic E-state index is 11.2. The highest BCUT2D eigenvalue weighted by molar-refractivity contribution is 5.51. The average Bonchev–Trinajstić information content (AvgIpc) is 2.91. The molecule has 0 saturated carbocycles. The minimum absolute atomic E-state index is 0.0444. The highest BCUT2D eigenvalue weighted by Crippen LogP contribution is 2.51. The van der Waals surface area contributed by atoms with E-state index in [9.17, 15) is 10.2 Å². The predicted molar refractivity (Wildman–Crippen MR) is 179 cm³/mol. The Labute approximate surface area is 256 Å². The van der Waals surface area contributed by atoms with Gasteiger partial charge in [-0.25, -0.2) is 0 Å². The second-order valence-corrected chi connectivity index (χ2v) is 15.2. The van der Waals surface area contributed by atoms with Gasteiger partial charge < -0.3 is 10.2 Å². The normalized spacial score (nSPS) is 23.0. The molecule has 2 aliphatic carbocycles. The zero-order chi connectivity index (χ0) is 30.9. The quantitative estimate of drug-likeness (QED) is 0.334. The lowest BCUT2D eigenvalue weighted by Crippen LogP contribution is -2.36. The standard InChI is InChI=1S/C40H54O2/c1-10-17-32(33-24-30(35(41)22-28(33)2)26-39(37(4,5)6)18-13-11-14-19-39)34-25-31(36(42)23-29(34)3)27-40(38(7,8)9)20-15-12-16-21-40/h11-16,18,20,22-25,32,41-42H,10,17,19,21,26-27H2,1-9H3. The van der Waals surface area contributed by atoms with Gasteiger partial charge in [-0.1, -0.05) is 116 Å². The summed E-state index contributed by atoms with van der Waals surface area (Å²) in [5.41, 5.74) is 6.84.